The van der Waals surface area contributed by atoms with Gasteiger partial charge in [0, 0.05) is 6.04 Å². The summed E-state index contributed by atoms with van der Waals surface area (Å²) in [7, 11) is 2.12. The first-order valence-corrected chi connectivity index (χ1v) is 7.74. The van der Waals surface area contributed by atoms with E-state index < -0.39 is 10.0 Å². The molecule has 1 heterocycles. The Labute approximate surface area is 115 Å². The fourth-order valence-corrected chi connectivity index (χ4v) is 2.83. The Hall–Kier alpha value is -0.890. The van der Waals surface area contributed by atoms with Crippen LogP contribution in [0.2, 0.25) is 0 Å². The zero-order chi connectivity index (χ0) is 14.5. The van der Waals surface area contributed by atoms with Crippen LogP contribution in [0.4, 0.5) is 0 Å². The van der Waals surface area contributed by atoms with Crippen LogP contribution in [0, 0.1) is 0 Å². The highest BCUT2D eigenvalue weighted by Gasteiger charge is 2.21. The molecule has 0 bridgehead atoms. The first-order chi connectivity index (χ1) is 8.85. The van der Waals surface area contributed by atoms with Crippen LogP contribution < -0.4 is 10.0 Å². The van der Waals surface area contributed by atoms with Crippen LogP contribution in [0.1, 0.15) is 19.1 Å². The minimum absolute atomic E-state index is 0.0329. The predicted octanol–water partition coefficient (Wildman–Crippen LogP) is 0.618. The molecule has 0 spiro atoms. The maximum atomic E-state index is 12.1. The van der Waals surface area contributed by atoms with Crippen molar-refractivity contribution in [1.29, 1.82) is 0 Å². The van der Waals surface area contributed by atoms with Crippen LogP contribution >= 0.6 is 0 Å². The molecule has 0 saturated heterocycles. The highest BCUT2D eigenvalue weighted by molar-refractivity contribution is 7.89. The van der Waals surface area contributed by atoms with E-state index in [9.17, 15) is 8.42 Å². The number of nitrogens with zero attached hydrogens (tertiary/aromatic N) is 1. The summed E-state index contributed by atoms with van der Waals surface area (Å²) in [5.74, 6) is 0.601. The van der Waals surface area contributed by atoms with Gasteiger partial charge in [0.05, 0.1) is 6.54 Å². The van der Waals surface area contributed by atoms with E-state index in [0.717, 1.165) is 13.0 Å². The van der Waals surface area contributed by atoms with Crippen LogP contribution in [0.15, 0.2) is 21.6 Å². The van der Waals surface area contributed by atoms with Gasteiger partial charge in [-0.05, 0) is 53.2 Å². The van der Waals surface area contributed by atoms with Gasteiger partial charge in [0.1, 0.15) is 5.76 Å². The smallest absolute Gasteiger partial charge is 0.274 e. The Morgan fingerprint density at radius 1 is 1.37 bits per heavy atom. The summed E-state index contributed by atoms with van der Waals surface area (Å²) < 4.78 is 32.0. The standard InChI is InChI=1S/C12H23N3O3S/c1-10(7-8-15(3)4)14-19(16,17)12-6-5-11(18-12)9-13-2/h5-6,10,13-14H,7-9H2,1-4H3. The van der Waals surface area contributed by atoms with Crippen molar-refractivity contribution in [1.82, 2.24) is 14.9 Å². The van der Waals surface area contributed by atoms with Gasteiger partial charge in [0.15, 0.2) is 0 Å². The molecule has 1 unspecified atom stereocenters. The Morgan fingerprint density at radius 3 is 2.63 bits per heavy atom. The van der Waals surface area contributed by atoms with E-state index in [1.807, 2.05) is 25.9 Å². The Bertz CT molecular complexity index is 482. The van der Waals surface area contributed by atoms with Crippen molar-refractivity contribution < 1.29 is 12.8 Å². The topological polar surface area (TPSA) is 74.6 Å². The van der Waals surface area contributed by atoms with E-state index in [4.69, 9.17) is 4.42 Å². The number of nitrogens with one attached hydrogen (secondary N) is 2. The van der Waals surface area contributed by atoms with Gasteiger partial charge in [-0.25, -0.2) is 13.1 Å². The molecule has 0 aliphatic carbocycles. The highest BCUT2D eigenvalue weighted by Crippen LogP contribution is 2.14. The third-order valence-corrected chi connectivity index (χ3v) is 4.08. The average Bonchev–Trinajstić information content (AvgIpc) is 2.76. The number of hydrogen-bond donors (Lipinski definition) is 2. The molecule has 7 heteroatoms. The summed E-state index contributed by atoms with van der Waals surface area (Å²) in [6.07, 6.45) is 0.746. The van der Waals surface area contributed by atoms with Crippen molar-refractivity contribution >= 4 is 10.0 Å². The molecule has 0 saturated carbocycles. The average molecular weight is 289 g/mol. The molecular formula is C12H23N3O3S. The fraction of sp³-hybridized carbons (Fsp3) is 0.667. The number of hydrogen-bond acceptors (Lipinski definition) is 5. The zero-order valence-corrected chi connectivity index (χ0v) is 12.8. The number of sulfonamides is 1. The zero-order valence-electron chi connectivity index (χ0n) is 11.9. The van der Waals surface area contributed by atoms with Gasteiger partial charge in [-0.2, -0.15) is 0 Å². The molecule has 1 atom stereocenters. The fourth-order valence-electron chi connectivity index (χ4n) is 1.61. The molecule has 19 heavy (non-hydrogen) atoms. The molecule has 0 aliphatic heterocycles. The Balaban J connectivity index is 2.64. The third-order valence-electron chi connectivity index (χ3n) is 2.62. The monoisotopic (exact) mass is 289 g/mol. The SMILES string of the molecule is CNCc1ccc(S(=O)(=O)NC(C)CCN(C)C)o1. The lowest BCUT2D eigenvalue weighted by Gasteiger charge is -2.15. The first-order valence-electron chi connectivity index (χ1n) is 6.25. The van der Waals surface area contributed by atoms with Gasteiger partial charge in [-0.1, -0.05) is 0 Å². The third kappa shape index (κ3) is 5.32. The molecular weight excluding hydrogens is 266 g/mol. The molecule has 0 aliphatic rings. The first kappa shape index (κ1) is 16.2. The summed E-state index contributed by atoms with van der Waals surface area (Å²) >= 11 is 0. The normalized spacial score (nSPS) is 13.9. The molecule has 2 N–H and O–H groups in total. The summed E-state index contributed by atoms with van der Waals surface area (Å²) in [4.78, 5) is 2.02. The second kappa shape index (κ2) is 7.04. The second-order valence-corrected chi connectivity index (χ2v) is 6.51. The van der Waals surface area contributed by atoms with E-state index in [0.29, 0.717) is 12.3 Å². The molecule has 0 aromatic carbocycles. The lowest BCUT2D eigenvalue weighted by Crippen LogP contribution is -2.34. The quantitative estimate of drug-likeness (QED) is 0.734. The van der Waals surface area contributed by atoms with E-state index in [1.165, 1.54) is 6.07 Å². The maximum absolute atomic E-state index is 12.1. The molecule has 1 aromatic rings. The summed E-state index contributed by atoms with van der Waals surface area (Å²) in [6.45, 7) is 3.18. The predicted molar refractivity (Wildman–Crippen MR) is 74.4 cm³/mol. The Kier molecular flexibility index (Phi) is 5.99. The minimum Gasteiger partial charge on any atom is -0.447 e. The summed E-state index contributed by atoms with van der Waals surface area (Å²) in [5.41, 5.74) is 0. The van der Waals surface area contributed by atoms with Crippen molar-refractivity contribution in [2.45, 2.75) is 31.0 Å². The van der Waals surface area contributed by atoms with Gasteiger partial charge in [0.2, 0.25) is 5.09 Å². The molecule has 1 rings (SSSR count). The van der Waals surface area contributed by atoms with E-state index in [1.54, 1.807) is 13.1 Å². The molecule has 0 radical (unpaired) electrons. The van der Waals surface area contributed by atoms with E-state index >= 15 is 0 Å². The molecule has 0 amide bonds. The van der Waals surface area contributed by atoms with Crippen LogP contribution in [-0.2, 0) is 16.6 Å². The highest BCUT2D eigenvalue weighted by atomic mass is 32.2. The summed E-state index contributed by atoms with van der Waals surface area (Å²) in [6, 6.07) is 3.01. The molecule has 1 aromatic heterocycles. The van der Waals surface area contributed by atoms with Crippen LogP contribution in [-0.4, -0.2) is 47.0 Å². The van der Waals surface area contributed by atoms with Gasteiger partial charge >= 0.3 is 0 Å². The van der Waals surface area contributed by atoms with Gasteiger partial charge < -0.3 is 14.6 Å². The minimum atomic E-state index is -3.57. The largest absolute Gasteiger partial charge is 0.447 e. The lowest BCUT2D eigenvalue weighted by molar-refractivity contribution is 0.374. The van der Waals surface area contributed by atoms with Crippen LogP contribution in [0.3, 0.4) is 0 Å². The summed E-state index contributed by atoms with van der Waals surface area (Å²) in [5, 5.41) is 2.87. The van der Waals surface area contributed by atoms with E-state index in [-0.39, 0.29) is 11.1 Å². The van der Waals surface area contributed by atoms with Gasteiger partial charge in [-0.3, -0.25) is 0 Å². The van der Waals surface area contributed by atoms with Crippen molar-refractivity contribution in [2.24, 2.45) is 0 Å². The molecule has 0 fully saturated rings. The van der Waals surface area contributed by atoms with Crippen molar-refractivity contribution in [2.75, 3.05) is 27.7 Å². The second-order valence-electron chi connectivity index (χ2n) is 4.87. The van der Waals surface area contributed by atoms with Crippen LogP contribution in [0.25, 0.3) is 0 Å². The molecule has 6 nitrogen and oxygen atoms in total. The van der Waals surface area contributed by atoms with Crippen molar-refractivity contribution in [3.8, 4) is 0 Å². The maximum Gasteiger partial charge on any atom is 0.274 e. The lowest BCUT2D eigenvalue weighted by atomic mass is 10.2. The van der Waals surface area contributed by atoms with E-state index in [2.05, 4.69) is 10.0 Å². The van der Waals surface area contributed by atoms with Crippen LogP contribution in [0.5, 0.6) is 0 Å². The van der Waals surface area contributed by atoms with Crippen molar-refractivity contribution in [3.63, 3.8) is 0 Å². The van der Waals surface area contributed by atoms with Gasteiger partial charge in [0.25, 0.3) is 10.0 Å². The molecule has 110 valence electrons. The Morgan fingerprint density at radius 2 is 2.05 bits per heavy atom. The van der Waals surface area contributed by atoms with Crippen molar-refractivity contribution in [3.05, 3.63) is 17.9 Å². The number of rotatable bonds is 8. The van der Waals surface area contributed by atoms with Gasteiger partial charge in [-0.15, -0.1) is 0 Å². The number of furan rings is 1.